The molecule has 3 aromatic rings. The number of hydrogen-bond donors (Lipinski definition) is 0. The van der Waals surface area contributed by atoms with Gasteiger partial charge in [0, 0.05) is 16.7 Å². The van der Waals surface area contributed by atoms with Crippen molar-refractivity contribution >= 4 is 23.5 Å². The number of Topliss-reactive ketones (excluding diaryl/α,β-unsaturated/α-hetero) is 1. The van der Waals surface area contributed by atoms with Crippen LogP contribution in [0.5, 0.6) is 17.2 Å². The summed E-state index contributed by atoms with van der Waals surface area (Å²) in [5.74, 6) is 1.97. The number of para-hydroxylation sites is 1. The lowest BCUT2D eigenvalue weighted by molar-refractivity contribution is 0.101. The molecule has 0 fully saturated rings. The van der Waals surface area contributed by atoms with E-state index in [1.807, 2.05) is 54.6 Å². The van der Waals surface area contributed by atoms with Gasteiger partial charge >= 0.3 is 0 Å². The summed E-state index contributed by atoms with van der Waals surface area (Å²) >= 11 is 6.00. The monoisotopic (exact) mass is 418 g/mol. The molecule has 5 heteroatoms. The number of rotatable bonds is 6. The van der Waals surface area contributed by atoms with E-state index in [1.165, 1.54) is 0 Å². The normalized spacial score (nSPS) is 14.1. The molecule has 0 amide bonds. The minimum Gasteiger partial charge on any atom is -0.496 e. The van der Waals surface area contributed by atoms with Crippen molar-refractivity contribution in [2.24, 2.45) is 0 Å². The van der Waals surface area contributed by atoms with E-state index in [0.29, 0.717) is 28.7 Å². The molecule has 30 heavy (non-hydrogen) atoms. The molecular weight excluding hydrogens is 400 g/mol. The molecular formula is C25H19ClO4. The van der Waals surface area contributed by atoms with Crippen LogP contribution in [0.2, 0.25) is 5.02 Å². The van der Waals surface area contributed by atoms with Gasteiger partial charge in [-0.2, -0.15) is 0 Å². The van der Waals surface area contributed by atoms with E-state index in [4.69, 9.17) is 25.8 Å². The molecule has 0 radical (unpaired) electrons. The standard InChI is InChI=1S/C25H19ClO4/c1-28-22-10-3-2-7-18(22)8-5-11-23-25(27)21-13-12-20(15-24(21)30-23)29-16-17-6-4-9-19(26)14-17/h2-15H,16H2,1H3. The minimum atomic E-state index is -0.156. The van der Waals surface area contributed by atoms with E-state index < -0.39 is 0 Å². The number of hydrogen-bond acceptors (Lipinski definition) is 4. The predicted octanol–water partition coefficient (Wildman–Crippen LogP) is 6.10. The first-order valence-electron chi connectivity index (χ1n) is 9.39. The Morgan fingerprint density at radius 1 is 1.03 bits per heavy atom. The second kappa shape index (κ2) is 8.89. The number of halogens is 1. The topological polar surface area (TPSA) is 44.8 Å². The van der Waals surface area contributed by atoms with Gasteiger partial charge in [0.15, 0.2) is 5.76 Å². The van der Waals surface area contributed by atoms with Crippen LogP contribution in [0.3, 0.4) is 0 Å². The summed E-state index contributed by atoms with van der Waals surface area (Å²) in [6.45, 7) is 0.373. The second-order valence-electron chi connectivity index (χ2n) is 6.64. The average Bonchev–Trinajstić information content (AvgIpc) is 3.07. The first-order chi connectivity index (χ1) is 14.6. The van der Waals surface area contributed by atoms with Crippen molar-refractivity contribution in [1.29, 1.82) is 0 Å². The Hall–Kier alpha value is -3.50. The van der Waals surface area contributed by atoms with Gasteiger partial charge in [-0.25, -0.2) is 0 Å². The van der Waals surface area contributed by atoms with Crippen LogP contribution in [0.1, 0.15) is 21.5 Å². The summed E-state index contributed by atoms with van der Waals surface area (Å²) in [5, 5.41) is 0.662. The second-order valence-corrected chi connectivity index (χ2v) is 7.08. The molecule has 0 spiro atoms. The third kappa shape index (κ3) is 4.39. The van der Waals surface area contributed by atoms with Gasteiger partial charge in [0.1, 0.15) is 23.9 Å². The quantitative estimate of drug-likeness (QED) is 0.454. The maximum absolute atomic E-state index is 12.6. The number of carbonyl (C=O) groups is 1. The van der Waals surface area contributed by atoms with Crippen LogP contribution in [0, 0.1) is 0 Å². The van der Waals surface area contributed by atoms with Crippen molar-refractivity contribution in [3.63, 3.8) is 0 Å². The van der Waals surface area contributed by atoms with Gasteiger partial charge in [-0.05, 0) is 42.0 Å². The van der Waals surface area contributed by atoms with Gasteiger partial charge in [0.2, 0.25) is 5.78 Å². The van der Waals surface area contributed by atoms with E-state index in [2.05, 4.69) is 0 Å². The van der Waals surface area contributed by atoms with E-state index in [9.17, 15) is 4.79 Å². The van der Waals surface area contributed by atoms with Gasteiger partial charge in [-0.1, -0.05) is 54.1 Å². The number of fused-ring (bicyclic) bond motifs is 1. The Morgan fingerprint density at radius 3 is 2.73 bits per heavy atom. The lowest BCUT2D eigenvalue weighted by Gasteiger charge is -2.07. The number of carbonyl (C=O) groups excluding carboxylic acids is 1. The van der Waals surface area contributed by atoms with Crippen LogP contribution in [0.4, 0.5) is 0 Å². The highest BCUT2D eigenvalue weighted by molar-refractivity contribution is 6.30. The Labute approximate surface area is 180 Å². The average molecular weight is 419 g/mol. The van der Waals surface area contributed by atoms with Crippen LogP contribution < -0.4 is 14.2 Å². The highest BCUT2D eigenvalue weighted by Crippen LogP contribution is 2.34. The summed E-state index contributed by atoms with van der Waals surface area (Å²) < 4.78 is 16.9. The number of ether oxygens (including phenoxy) is 3. The third-order valence-corrected chi connectivity index (χ3v) is 4.83. The summed E-state index contributed by atoms with van der Waals surface area (Å²) in [6.07, 6.45) is 5.29. The number of methoxy groups -OCH3 is 1. The number of ketones is 1. The molecule has 0 bridgehead atoms. The summed E-state index contributed by atoms with van der Waals surface area (Å²) in [7, 11) is 1.62. The van der Waals surface area contributed by atoms with Gasteiger partial charge in [-0.3, -0.25) is 4.79 Å². The fourth-order valence-corrected chi connectivity index (χ4v) is 3.32. The SMILES string of the molecule is COc1ccccc1C=CC=C1Oc2cc(OCc3cccc(Cl)c3)ccc2C1=O. The summed E-state index contributed by atoms with van der Waals surface area (Å²) in [6, 6.07) is 20.3. The van der Waals surface area contributed by atoms with E-state index in [-0.39, 0.29) is 11.5 Å². The molecule has 0 saturated heterocycles. The van der Waals surface area contributed by atoms with Crippen molar-refractivity contribution in [2.75, 3.05) is 7.11 Å². The van der Waals surface area contributed by atoms with Gasteiger partial charge < -0.3 is 14.2 Å². The molecule has 4 rings (SSSR count). The molecule has 0 atom stereocenters. The molecule has 4 nitrogen and oxygen atoms in total. The molecule has 150 valence electrons. The van der Waals surface area contributed by atoms with E-state index in [0.717, 1.165) is 16.9 Å². The number of benzene rings is 3. The molecule has 1 aliphatic heterocycles. The Bertz CT molecular complexity index is 1150. The Balaban J connectivity index is 1.46. The molecule has 1 heterocycles. The predicted molar refractivity (Wildman–Crippen MR) is 117 cm³/mol. The van der Waals surface area contributed by atoms with E-state index >= 15 is 0 Å². The van der Waals surface area contributed by atoms with Crippen molar-refractivity contribution < 1.29 is 19.0 Å². The highest BCUT2D eigenvalue weighted by atomic mass is 35.5. The smallest absolute Gasteiger partial charge is 0.231 e. The third-order valence-electron chi connectivity index (χ3n) is 4.60. The van der Waals surface area contributed by atoms with Crippen LogP contribution >= 0.6 is 11.6 Å². The van der Waals surface area contributed by atoms with Crippen LogP contribution in [-0.4, -0.2) is 12.9 Å². The van der Waals surface area contributed by atoms with Crippen LogP contribution in [0.25, 0.3) is 6.08 Å². The number of allylic oxidation sites excluding steroid dienone is 3. The lowest BCUT2D eigenvalue weighted by Crippen LogP contribution is -1.97. The van der Waals surface area contributed by atoms with Crippen molar-refractivity contribution in [3.8, 4) is 17.2 Å². The molecule has 0 unspecified atom stereocenters. The first kappa shape index (κ1) is 19.8. The van der Waals surface area contributed by atoms with E-state index in [1.54, 1.807) is 37.5 Å². The summed E-state index contributed by atoms with van der Waals surface area (Å²) in [4.78, 5) is 12.6. The van der Waals surface area contributed by atoms with Crippen molar-refractivity contribution in [2.45, 2.75) is 6.61 Å². The largest absolute Gasteiger partial charge is 0.496 e. The van der Waals surface area contributed by atoms with Gasteiger partial charge in [0.25, 0.3) is 0 Å². The zero-order valence-corrected chi connectivity index (χ0v) is 17.1. The molecule has 0 aromatic heterocycles. The zero-order chi connectivity index (χ0) is 20.9. The molecule has 1 aliphatic rings. The zero-order valence-electron chi connectivity index (χ0n) is 16.3. The maximum atomic E-state index is 12.6. The molecule has 0 aliphatic carbocycles. The maximum Gasteiger partial charge on any atom is 0.231 e. The van der Waals surface area contributed by atoms with Gasteiger partial charge in [-0.15, -0.1) is 0 Å². The van der Waals surface area contributed by atoms with Crippen molar-refractivity contribution in [1.82, 2.24) is 0 Å². The van der Waals surface area contributed by atoms with Crippen molar-refractivity contribution in [3.05, 3.63) is 106 Å². The highest BCUT2D eigenvalue weighted by Gasteiger charge is 2.27. The Kier molecular flexibility index (Phi) is 5.87. The molecule has 0 saturated carbocycles. The lowest BCUT2D eigenvalue weighted by atomic mass is 10.1. The molecule has 0 N–H and O–H groups in total. The van der Waals surface area contributed by atoms with Gasteiger partial charge in [0.05, 0.1) is 12.7 Å². The fraction of sp³-hybridized carbons (Fsp3) is 0.0800. The van der Waals surface area contributed by atoms with Crippen LogP contribution in [-0.2, 0) is 6.61 Å². The first-order valence-corrected chi connectivity index (χ1v) is 9.77. The minimum absolute atomic E-state index is 0.156. The molecule has 3 aromatic carbocycles. The van der Waals surface area contributed by atoms with Crippen LogP contribution in [0.15, 0.2) is 84.6 Å². The Morgan fingerprint density at radius 2 is 1.90 bits per heavy atom. The fourth-order valence-electron chi connectivity index (χ4n) is 3.11. The summed E-state index contributed by atoms with van der Waals surface area (Å²) in [5.41, 5.74) is 2.39.